The molecule has 1 heterocycles. The number of amides is 1. The Balaban J connectivity index is 2.28. The van der Waals surface area contributed by atoms with Gasteiger partial charge in [0.15, 0.2) is 0 Å². The van der Waals surface area contributed by atoms with Gasteiger partial charge in [-0.25, -0.2) is 4.79 Å². The molecule has 16 heavy (non-hydrogen) atoms. The minimum atomic E-state index is -0.811. The van der Waals surface area contributed by atoms with Crippen LogP contribution >= 0.6 is 0 Å². The van der Waals surface area contributed by atoms with E-state index >= 15 is 0 Å². The second kappa shape index (κ2) is 6.48. The van der Waals surface area contributed by atoms with Crippen LogP contribution in [0.15, 0.2) is 0 Å². The Bertz CT molecular complexity index is 254. The molecule has 0 spiro atoms. The van der Waals surface area contributed by atoms with Gasteiger partial charge < -0.3 is 14.8 Å². The Morgan fingerprint density at radius 2 is 2.19 bits per heavy atom. The predicted octanol–water partition coefficient (Wildman–Crippen LogP) is 0.481. The van der Waals surface area contributed by atoms with Crippen LogP contribution in [0.5, 0.6) is 0 Å². The monoisotopic (exact) mass is 229 g/mol. The Hall–Kier alpha value is -1.10. The summed E-state index contributed by atoms with van der Waals surface area (Å²) in [7, 11) is 0. The fourth-order valence-corrected chi connectivity index (χ4v) is 1.87. The number of hydrogen-bond donors (Lipinski definition) is 1. The first-order valence-corrected chi connectivity index (χ1v) is 5.75. The van der Waals surface area contributed by atoms with Crippen molar-refractivity contribution in [1.82, 2.24) is 5.32 Å². The Morgan fingerprint density at radius 1 is 1.44 bits per heavy atom. The molecule has 2 unspecified atom stereocenters. The van der Waals surface area contributed by atoms with Crippen LogP contribution in [0.2, 0.25) is 0 Å². The van der Waals surface area contributed by atoms with Crippen LogP contribution in [0.1, 0.15) is 26.7 Å². The molecular weight excluding hydrogens is 210 g/mol. The number of ether oxygens (including phenoxy) is 2. The van der Waals surface area contributed by atoms with Crippen LogP contribution in [0.3, 0.4) is 0 Å². The molecule has 1 saturated heterocycles. The van der Waals surface area contributed by atoms with Crippen molar-refractivity contribution < 1.29 is 19.1 Å². The zero-order valence-corrected chi connectivity index (χ0v) is 9.82. The van der Waals surface area contributed by atoms with Crippen molar-refractivity contribution in [1.29, 1.82) is 0 Å². The summed E-state index contributed by atoms with van der Waals surface area (Å²) in [5.74, 6) is -1.17. The van der Waals surface area contributed by atoms with Gasteiger partial charge in [0, 0.05) is 19.1 Å². The third kappa shape index (κ3) is 3.48. The molecule has 5 heteroatoms. The van der Waals surface area contributed by atoms with Crippen molar-refractivity contribution in [2.75, 3.05) is 19.8 Å². The minimum Gasteiger partial charge on any atom is -0.459 e. The molecule has 5 nitrogen and oxygen atoms in total. The van der Waals surface area contributed by atoms with Crippen molar-refractivity contribution in [3.8, 4) is 0 Å². The number of carbonyl (C=O) groups is 2. The normalized spacial score (nSPS) is 24.1. The summed E-state index contributed by atoms with van der Waals surface area (Å²) in [5.41, 5.74) is 0. The molecule has 1 amide bonds. The lowest BCUT2D eigenvalue weighted by Gasteiger charge is -2.16. The van der Waals surface area contributed by atoms with Gasteiger partial charge in [-0.05, 0) is 19.8 Å². The molecule has 0 aromatic rings. The second-order valence-corrected chi connectivity index (χ2v) is 3.80. The molecule has 0 bridgehead atoms. The Morgan fingerprint density at radius 3 is 2.81 bits per heavy atom. The minimum absolute atomic E-state index is 0.197. The summed E-state index contributed by atoms with van der Waals surface area (Å²) < 4.78 is 10.1. The van der Waals surface area contributed by atoms with Crippen LogP contribution in [-0.2, 0) is 19.1 Å². The van der Waals surface area contributed by atoms with Crippen LogP contribution < -0.4 is 5.32 Å². The number of esters is 1. The fraction of sp³-hybridized carbons (Fsp3) is 0.818. The maximum atomic E-state index is 11.3. The van der Waals surface area contributed by atoms with E-state index in [1.54, 1.807) is 6.92 Å². The zero-order valence-electron chi connectivity index (χ0n) is 9.82. The topological polar surface area (TPSA) is 64.6 Å². The van der Waals surface area contributed by atoms with Crippen molar-refractivity contribution in [3.05, 3.63) is 0 Å². The van der Waals surface area contributed by atoms with Gasteiger partial charge in [0.1, 0.15) is 0 Å². The second-order valence-electron chi connectivity index (χ2n) is 3.80. The van der Waals surface area contributed by atoms with Crippen molar-refractivity contribution >= 4 is 11.9 Å². The molecule has 92 valence electrons. The van der Waals surface area contributed by atoms with Crippen molar-refractivity contribution in [2.24, 2.45) is 5.92 Å². The maximum Gasteiger partial charge on any atom is 0.396 e. The van der Waals surface area contributed by atoms with E-state index in [0.29, 0.717) is 12.5 Å². The lowest BCUT2D eigenvalue weighted by molar-refractivity contribution is -0.154. The molecule has 0 radical (unpaired) electrons. The number of hydrogen-bond acceptors (Lipinski definition) is 4. The smallest absolute Gasteiger partial charge is 0.396 e. The molecule has 2 atom stereocenters. The van der Waals surface area contributed by atoms with Crippen molar-refractivity contribution in [2.45, 2.75) is 32.8 Å². The van der Waals surface area contributed by atoms with Gasteiger partial charge in [-0.1, -0.05) is 6.92 Å². The van der Waals surface area contributed by atoms with Gasteiger partial charge in [-0.3, -0.25) is 4.79 Å². The van der Waals surface area contributed by atoms with E-state index in [1.165, 1.54) is 0 Å². The van der Waals surface area contributed by atoms with Crippen LogP contribution in [-0.4, -0.2) is 37.7 Å². The number of carbonyl (C=O) groups excluding carboxylic acids is 2. The Kier molecular flexibility index (Phi) is 5.25. The largest absolute Gasteiger partial charge is 0.459 e. The van der Waals surface area contributed by atoms with E-state index in [4.69, 9.17) is 4.74 Å². The number of rotatable bonds is 4. The summed E-state index contributed by atoms with van der Waals surface area (Å²) in [6, 6.07) is 0. The molecule has 0 aliphatic carbocycles. The number of nitrogens with one attached hydrogen (secondary N) is 1. The quantitative estimate of drug-likeness (QED) is 0.562. The summed E-state index contributed by atoms with van der Waals surface area (Å²) in [6.45, 7) is 5.16. The van der Waals surface area contributed by atoms with Gasteiger partial charge in [0.25, 0.3) is 0 Å². The first kappa shape index (κ1) is 13.0. The predicted molar refractivity (Wildman–Crippen MR) is 57.8 cm³/mol. The molecule has 1 rings (SSSR count). The Labute approximate surface area is 95.5 Å². The third-order valence-corrected chi connectivity index (χ3v) is 2.73. The molecule has 0 aromatic heterocycles. The molecule has 0 aromatic carbocycles. The maximum absolute atomic E-state index is 11.3. The van der Waals surface area contributed by atoms with Gasteiger partial charge >= 0.3 is 11.9 Å². The summed E-state index contributed by atoms with van der Waals surface area (Å²) >= 11 is 0. The average molecular weight is 229 g/mol. The van der Waals surface area contributed by atoms with E-state index in [-0.39, 0.29) is 12.7 Å². The first-order valence-electron chi connectivity index (χ1n) is 5.75. The molecule has 1 N–H and O–H groups in total. The molecule has 1 aliphatic rings. The van der Waals surface area contributed by atoms with E-state index < -0.39 is 11.9 Å². The van der Waals surface area contributed by atoms with Crippen LogP contribution in [0, 0.1) is 5.92 Å². The SMILES string of the molecule is CCOC(=O)C(=O)NCC1CCOC1CC. The highest BCUT2D eigenvalue weighted by Crippen LogP contribution is 2.22. The summed E-state index contributed by atoms with van der Waals surface area (Å²) in [4.78, 5) is 22.3. The fourth-order valence-electron chi connectivity index (χ4n) is 1.87. The molecule has 1 fully saturated rings. The lowest BCUT2D eigenvalue weighted by Crippen LogP contribution is -2.37. The molecular formula is C11H19NO4. The third-order valence-electron chi connectivity index (χ3n) is 2.73. The van der Waals surface area contributed by atoms with E-state index in [0.717, 1.165) is 19.4 Å². The van der Waals surface area contributed by atoms with Crippen LogP contribution in [0.25, 0.3) is 0 Å². The summed E-state index contributed by atoms with van der Waals surface area (Å²) in [6.07, 6.45) is 2.06. The zero-order chi connectivity index (χ0) is 12.0. The highest BCUT2D eigenvalue weighted by atomic mass is 16.5. The highest BCUT2D eigenvalue weighted by molar-refractivity contribution is 6.32. The lowest BCUT2D eigenvalue weighted by atomic mass is 10.00. The highest BCUT2D eigenvalue weighted by Gasteiger charge is 2.27. The van der Waals surface area contributed by atoms with E-state index in [1.807, 2.05) is 0 Å². The van der Waals surface area contributed by atoms with E-state index in [9.17, 15) is 9.59 Å². The average Bonchev–Trinajstić information content (AvgIpc) is 2.73. The molecule has 1 aliphatic heterocycles. The van der Waals surface area contributed by atoms with Gasteiger partial charge in [-0.15, -0.1) is 0 Å². The first-order chi connectivity index (χ1) is 7.69. The van der Waals surface area contributed by atoms with Crippen LogP contribution in [0.4, 0.5) is 0 Å². The van der Waals surface area contributed by atoms with Gasteiger partial charge in [-0.2, -0.15) is 0 Å². The standard InChI is InChI=1S/C11H19NO4/c1-3-9-8(5-6-16-9)7-12-10(13)11(14)15-4-2/h8-9H,3-7H2,1-2H3,(H,12,13). The van der Waals surface area contributed by atoms with Crippen molar-refractivity contribution in [3.63, 3.8) is 0 Å². The summed E-state index contributed by atoms with van der Waals surface area (Å²) in [5, 5.41) is 2.58. The molecule has 0 saturated carbocycles. The van der Waals surface area contributed by atoms with E-state index in [2.05, 4.69) is 17.0 Å². The van der Waals surface area contributed by atoms with Gasteiger partial charge in [0.2, 0.25) is 0 Å². The van der Waals surface area contributed by atoms with Gasteiger partial charge in [0.05, 0.1) is 12.7 Å².